The number of carbonyl (C=O) groups excluding carboxylic acids is 1. The van der Waals surface area contributed by atoms with E-state index in [2.05, 4.69) is 19.1 Å². The smallest absolute Gasteiger partial charge is 0.233 e. The van der Waals surface area contributed by atoms with Gasteiger partial charge < -0.3 is 10.0 Å². The zero-order valence-corrected chi connectivity index (χ0v) is 10.9. The van der Waals surface area contributed by atoms with Crippen LogP contribution in [0.3, 0.4) is 0 Å². The molecule has 1 saturated heterocycles. The summed E-state index contributed by atoms with van der Waals surface area (Å²) in [7, 11) is 0. The summed E-state index contributed by atoms with van der Waals surface area (Å²) in [4.78, 5) is 13.6. The topological polar surface area (TPSA) is 40.5 Å². The lowest BCUT2D eigenvalue weighted by atomic mass is 10.1. The van der Waals surface area contributed by atoms with Gasteiger partial charge in [0.1, 0.15) is 5.37 Å². The predicted molar refractivity (Wildman–Crippen MR) is 69.8 cm³/mol. The van der Waals surface area contributed by atoms with Crippen molar-refractivity contribution >= 4 is 17.7 Å². The summed E-state index contributed by atoms with van der Waals surface area (Å²) in [6.07, 6.45) is -0.482. The molecule has 1 aromatic rings. The fourth-order valence-electron chi connectivity index (χ4n) is 2.06. The van der Waals surface area contributed by atoms with Crippen molar-refractivity contribution < 1.29 is 9.90 Å². The molecule has 0 aliphatic carbocycles. The van der Waals surface area contributed by atoms with Gasteiger partial charge in [0.15, 0.2) is 0 Å². The van der Waals surface area contributed by atoms with Gasteiger partial charge in [-0.05, 0) is 25.0 Å². The van der Waals surface area contributed by atoms with Crippen molar-refractivity contribution in [1.82, 2.24) is 4.90 Å². The first-order chi connectivity index (χ1) is 8.09. The first kappa shape index (κ1) is 12.5. The Morgan fingerprint density at radius 2 is 2.24 bits per heavy atom. The van der Waals surface area contributed by atoms with Crippen molar-refractivity contribution in [1.29, 1.82) is 0 Å². The number of aryl methyl sites for hydroxylation is 1. The minimum absolute atomic E-state index is 0.0540. The van der Waals surface area contributed by atoms with Crippen LogP contribution >= 0.6 is 11.8 Å². The van der Waals surface area contributed by atoms with Gasteiger partial charge in [-0.25, -0.2) is 0 Å². The molecule has 1 N–H and O–H groups in total. The Hall–Kier alpha value is -1.00. The zero-order valence-electron chi connectivity index (χ0n) is 10.1. The number of hydrogen-bond acceptors (Lipinski definition) is 3. The van der Waals surface area contributed by atoms with Crippen LogP contribution in [0.15, 0.2) is 24.3 Å². The minimum atomic E-state index is -0.482. The molecule has 0 unspecified atom stereocenters. The van der Waals surface area contributed by atoms with Gasteiger partial charge >= 0.3 is 0 Å². The molecule has 1 heterocycles. The highest BCUT2D eigenvalue weighted by Crippen LogP contribution is 2.39. The Morgan fingerprint density at radius 3 is 2.88 bits per heavy atom. The lowest BCUT2D eigenvalue weighted by Crippen LogP contribution is -2.34. The van der Waals surface area contributed by atoms with Gasteiger partial charge in [-0.3, -0.25) is 4.79 Å². The SMILES string of the molecule is Cc1ccccc1[C@H]1SCC(=O)N1C[C@H](C)O. The van der Waals surface area contributed by atoms with Gasteiger partial charge in [0.25, 0.3) is 0 Å². The van der Waals surface area contributed by atoms with Gasteiger partial charge in [0, 0.05) is 6.54 Å². The zero-order chi connectivity index (χ0) is 12.4. The average Bonchev–Trinajstić information content (AvgIpc) is 2.61. The van der Waals surface area contributed by atoms with E-state index >= 15 is 0 Å². The highest BCUT2D eigenvalue weighted by atomic mass is 32.2. The number of rotatable bonds is 3. The fourth-order valence-corrected chi connectivity index (χ4v) is 3.35. The number of hydrogen-bond donors (Lipinski definition) is 1. The Labute approximate surface area is 106 Å². The van der Waals surface area contributed by atoms with Gasteiger partial charge in [-0.1, -0.05) is 24.3 Å². The fraction of sp³-hybridized carbons (Fsp3) is 0.462. The van der Waals surface area contributed by atoms with Crippen LogP contribution in [0.5, 0.6) is 0 Å². The molecule has 17 heavy (non-hydrogen) atoms. The first-order valence-electron chi connectivity index (χ1n) is 5.74. The van der Waals surface area contributed by atoms with E-state index in [1.165, 1.54) is 11.1 Å². The van der Waals surface area contributed by atoms with Gasteiger partial charge in [-0.15, -0.1) is 11.8 Å². The molecule has 4 heteroatoms. The van der Waals surface area contributed by atoms with Crippen LogP contribution in [0.1, 0.15) is 23.4 Å². The summed E-state index contributed by atoms with van der Waals surface area (Å²) < 4.78 is 0. The van der Waals surface area contributed by atoms with Gasteiger partial charge in [-0.2, -0.15) is 0 Å². The van der Waals surface area contributed by atoms with E-state index in [1.807, 2.05) is 12.1 Å². The quantitative estimate of drug-likeness (QED) is 0.892. The number of thioether (sulfide) groups is 1. The normalized spacial score (nSPS) is 21.9. The summed E-state index contributed by atoms with van der Waals surface area (Å²) in [5, 5.41) is 9.52. The predicted octanol–water partition coefficient (Wildman–Crippen LogP) is 1.95. The standard InChI is InChI=1S/C13H17NO2S/c1-9-5-3-4-6-11(9)13-14(7-10(2)15)12(16)8-17-13/h3-6,10,13,15H,7-8H2,1-2H3/t10-,13+/m0/s1. The molecule has 0 saturated carbocycles. The van der Waals surface area contributed by atoms with Crippen molar-refractivity contribution in [3.05, 3.63) is 35.4 Å². The van der Waals surface area contributed by atoms with Crippen LogP contribution in [-0.2, 0) is 4.79 Å². The van der Waals surface area contributed by atoms with Gasteiger partial charge in [0.2, 0.25) is 5.91 Å². The summed E-state index contributed by atoms with van der Waals surface area (Å²) in [6, 6.07) is 8.10. The second-order valence-corrected chi connectivity index (χ2v) is 5.48. The number of β-amino-alcohol motifs (C(OH)–C–C–N with tert-alkyl or cyclic N) is 1. The molecule has 0 bridgehead atoms. The van der Waals surface area contributed by atoms with E-state index in [4.69, 9.17) is 0 Å². The summed E-state index contributed by atoms with van der Waals surface area (Å²) >= 11 is 1.63. The summed E-state index contributed by atoms with van der Waals surface area (Å²) in [5.74, 6) is 0.621. The lowest BCUT2D eigenvalue weighted by Gasteiger charge is -2.26. The van der Waals surface area contributed by atoms with Gasteiger partial charge in [0.05, 0.1) is 11.9 Å². The Kier molecular flexibility index (Phi) is 3.74. The molecular weight excluding hydrogens is 234 g/mol. The number of aliphatic hydroxyl groups is 1. The molecule has 2 atom stereocenters. The molecule has 0 radical (unpaired) electrons. The number of benzene rings is 1. The highest BCUT2D eigenvalue weighted by Gasteiger charge is 2.33. The molecule has 3 nitrogen and oxygen atoms in total. The molecule has 1 aliphatic rings. The van der Waals surface area contributed by atoms with Crippen molar-refractivity contribution in [2.75, 3.05) is 12.3 Å². The highest BCUT2D eigenvalue weighted by molar-refractivity contribution is 8.00. The van der Waals surface area contributed by atoms with E-state index in [1.54, 1.807) is 23.6 Å². The molecular formula is C13H17NO2S. The third-order valence-corrected chi connectivity index (χ3v) is 4.12. The van der Waals surface area contributed by atoms with E-state index in [-0.39, 0.29) is 11.3 Å². The largest absolute Gasteiger partial charge is 0.392 e. The molecule has 2 rings (SSSR count). The van der Waals surface area contributed by atoms with Crippen molar-refractivity contribution in [2.24, 2.45) is 0 Å². The molecule has 92 valence electrons. The third-order valence-electron chi connectivity index (χ3n) is 2.88. The number of nitrogens with zero attached hydrogens (tertiary/aromatic N) is 1. The molecule has 0 aromatic heterocycles. The van der Waals surface area contributed by atoms with Crippen molar-refractivity contribution in [3.8, 4) is 0 Å². The van der Waals surface area contributed by atoms with Crippen molar-refractivity contribution in [2.45, 2.75) is 25.3 Å². The number of amides is 1. The maximum absolute atomic E-state index is 11.8. The van der Waals surface area contributed by atoms with E-state index < -0.39 is 6.10 Å². The second-order valence-electron chi connectivity index (χ2n) is 4.42. The number of carbonyl (C=O) groups is 1. The van der Waals surface area contributed by atoms with Crippen LogP contribution in [0.25, 0.3) is 0 Å². The van der Waals surface area contributed by atoms with Crippen LogP contribution in [0.2, 0.25) is 0 Å². The number of aliphatic hydroxyl groups excluding tert-OH is 1. The summed E-state index contributed by atoms with van der Waals surface area (Å²) in [5.41, 5.74) is 2.36. The molecule has 0 spiro atoms. The van der Waals surface area contributed by atoms with Crippen LogP contribution in [-0.4, -0.2) is 34.3 Å². The molecule has 1 fully saturated rings. The maximum atomic E-state index is 11.8. The lowest BCUT2D eigenvalue weighted by molar-refractivity contribution is -0.129. The maximum Gasteiger partial charge on any atom is 0.233 e. The van der Waals surface area contributed by atoms with Crippen LogP contribution in [0.4, 0.5) is 0 Å². The second kappa shape index (κ2) is 5.10. The van der Waals surface area contributed by atoms with Crippen LogP contribution in [0, 0.1) is 6.92 Å². The summed E-state index contributed by atoms with van der Waals surface area (Å²) in [6.45, 7) is 4.18. The van der Waals surface area contributed by atoms with E-state index in [0.717, 1.165) is 0 Å². The van der Waals surface area contributed by atoms with E-state index in [9.17, 15) is 9.90 Å². The first-order valence-corrected chi connectivity index (χ1v) is 6.79. The molecule has 1 aliphatic heterocycles. The van der Waals surface area contributed by atoms with Crippen molar-refractivity contribution in [3.63, 3.8) is 0 Å². The average molecular weight is 251 g/mol. The monoisotopic (exact) mass is 251 g/mol. The Balaban J connectivity index is 2.25. The minimum Gasteiger partial charge on any atom is -0.392 e. The van der Waals surface area contributed by atoms with Crippen LogP contribution < -0.4 is 0 Å². The molecule has 1 aromatic carbocycles. The Bertz CT molecular complexity index is 420. The Morgan fingerprint density at radius 1 is 1.53 bits per heavy atom. The third kappa shape index (κ3) is 2.64. The molecule has 1 amide bonds. The van der Waals surface area contributed by atoms with E-state index in [0.29, 0.717) is 12.3 Å².